The van der Waals surface area contributed by atoms with Gasteiger partial charge in [0.25, 0.3) is 5.91 Å². The summed E-state index contributed by atoms with van der Waals surface area (Å²) < 4.78 is 15.3. The van der Waals surface area contributed by atoms with Crippen LogP contribution in [0.15, 0.2) is 18.3 Å². The second-order valence-electron chi connectivity index (χ2n) is 8.00. The predicted molar refractivity (Wildman–Crippen MR) is 110 cm³/mol. The molecule has 2 aliphatic rings. The van der Waals surface area contributed by atoms with Crippen LogP contribution in [0.4, 0.5) is 15.9 Å². The first-order valence-corrected chi connectivity index (χ1v) is 9.92. The van der Waals surface area contributed by atoms with Crippen molar-refractivity contribution in [3.63, 3.8) is 0 Å². The van der Waals surface area contributed by atoms with E-state index in [0.29, 0.717) is 16.5 Å². The number of benzene rings is 1. The van der Waals surface area contributed by atoms with Crippen LogP contribution in [0, 0.1) is 11.7 Å². The van der Waals surface area contributed by atoms with Gasteiger partial charge in [-0.1, -0.05) is 24.9 Å². The molecule has 1 aliphatic heterocycles. The number of hydrogen-bond acceptors (Lipinski definition) is 4. The number of carbonyl (C=O) groups excluding carboxylic acids is 1. The quantitative estimate of drug-likeness (QED) is 0.747. The van der Waals surface area contributed by atoms with Gasteiger partial charge in [0.15, 0.2) is 0 Å². The fourth-order valence-electron chi connectivity index (χ4n) is 4.47. The Morgan fingerprint density at radius 2 is 2.18 bits per heavy atom. The third kappa shape index (κ3) is 2.65. The molecule has 1 amide bonds. The van der Waals surface area contributed by atoms with Crippen LogP contribution in [0.3, 0.4) is 0 Å². The Labute approximate surface area is 169 Å². The van der Waals surface area contributed by atoms with E-state index in [1.165, 1.54) is 4.90 Å². The number of nitrogens with one attached hydrogen (secondary N) is 1. The molecule has 2 atom stereocenters. The van der Waals surface area contributed by atoms with Crippen LogP contribution in [0.2, 0.25) is 5.02 Å². The lowest BCUT2D eigenvalue weighted by molar-refractivity contribution is 0.0824. The number of nitrogens with two attached hydrogens (primary N) is 1. The monoisotopic (exact) mass is 402 g/mol. The van der Waals surface area contributed by atoms with Gasteiger partial charge in [0.2, 0.25) is 0 Å². The van der Waals surface area contributed by atoms with Crippen molar-refractivity contribution in [3.05, 3.63) is 40.3 Å². The second-order valence-corrected chi connectivity index (χ2v) is 8.38. The topological polar surface area (TPSA) is 71.2 Å². The van der Waals surface area contributed by atoms with Gasteiger partial charge in [-0.2, -0.15) is 0 Å². The number of rotatable bonds is 4. The summed E-state index contributed by atoms with van der Waals surface area (Å²) in [5.41, 5.74) is 7.59. The lowest BCUT2D eigenvalue weighted by Gasteiger charge is -2.17. The van der Waals surface area contributed by atoms with Crippen molar-refractivity contribution >= 4 is 29.0 Å². The molecule has 148 valence electrons. The Morgan fingerprint density at radius 3 is 2.86 bits per heavy atom. The van der Waals surface area contributed by atoms with E-state index < -0.39 is 11.7 Å². The van der Waals surface area contributed by atoms with Crippen LogP contribution in [0.1, 0.15) is 42.1 Å². The highest BCUT2D eigenvalue weighted by Gasteiger charge is 2.59. The molecule has 1 saturated carbocycles. The molecule has 7 heteroatoms. The Balaban J connectivity index is 1.84. The summed E-state index contributed by atoms with van der Waals surface area (Å²) in [5.74, 6) is 0.212. The minimum atomic E-state index is -0.664. The van der Waals surface area contributed by atoms with Crippen molar-refractivity contribution in [2.45, 2.75) is 31.6 Å². The number of fused-ring (bicyclic) bond motifs is 2. The summed E-state index contributed by atoms with van der Waals surface area (Å²) in [6, 6.07) is 3.11. The zero-order valence-corrected chi connectivity index (χ0v) is 17.0. The van der Waals surface area contributed by atoms with Gasteiger partial charge in [0.05, 0.1) is 10.6 Å². The summed E-state index contributed by atoms with van der Waals surface area (Å²) in [6.07, 6.45) is 4.90. The summed E-state index contributed by atoms with van der Waals surface area (Å²) in [6.45, 7) is 3.00. The molecule has 2 aromatic rings. The SMILES string of the molecule is CCC[C@H]1C[C@@]12CNc1ncc(-c3ccc(N)c(C(=O)N(C)C)c3F)c(Cl)c12. The first-order chi connectivity index (χ1) is 13.3. The van der Waals surface area contributed by atoms with E-state index in [1.54, 1.807) is 32.4 Å². The van der Waals surface area contributed by atoms with Crippen LogP contribution in [0.5, 0.6) is 0 Å². The van der Waals surface area contributed by atoms with Crippen LogP contribution >= 0.6 is 11.6 Å². The summed E-state index contributed by atoms with van der Waals surface area (Å²) in [5, 5.41) is 3.87. The van der Waals surface area contributed by atoms with Gasteiger partial charge in [-0.15, -0.1) is 0 Å². The van der Waals surface area contributed by atoms with Crippen LogP contribution < -0.4 is 11.1 Å². The number of amides is 1. The molecule has 0 unspecified atom stereocenters. The maximum absolute atomic E-state index is 15.3. The maximum Gasteiger partial charge on any atom is 0.258 e. The fourth-order valence-corrected chi connectivity index (χ4v) is 4.89. The number of nitrogens with zero attached hydrogens (tertiary/aromatic N) is 2. The van der Waals surface area contributed by atoms with E-state index >= 15 is 4.39 Å². The third-order valence-corrected chi connectivity index (χ3v) is 6.43. The van der Waals surface area contributed by atoms with Gasteiger partial charge in [-0.25, -0.2) is 9.37 Å². The molecular formula is C21H24ClFN4O. The average molecular weight is 403 g/mol. The lowest BCUT2D eigenvalue weighted by Crippen LogP contribution is -2.24. The van der Waals surface area contributed by atoms with E-state index in [1.807, 2.05) is 0 Å². The first-order valence-electron chi connectivity index (χ1n) is 9.54. The Bertz CT molecular complexity index is 977. The first kappa shape index (κ1) is 19.0. The van der Waals surface area contributed by atoms with Crippen molar-refractivity contribution < 1.29 is 9.18 Å². The molecule has 0 bridgehead atoms. The van der Waals surface area contributed by atoms with Crippen LogP contribution in [-0.4, -0.2) is 36.4 Å². The molecule has 1 aromatic carbocycles. The second kappa shape index (κ2) is 6.62. The van der Waals surface area contributed by atoms with Gasteiger partial charge in [0, 0.05) is 54.6 Å². The highest BCUT2D eigenvalue weighted by atomic mass is 35.5. The number of pyridine rings is 1. The maximum atomic E-state index is 15.3. The molecule has 3 N–H and O–H groups in total. The highest BCUT2D eigenvalue weighted by Crippen LogP contribution is 2.63. The predicted octanol–water partition coefficient (Wildman–Crippen LogP) is 4.31. The minimum absolute atomic E-state index is 0.00198. The van der Waals surface area contributed by atoms with E-state index in [0.717, 1.165) is 37.2 Å². The number of nitrogen functional groups attached to an aromatic ring is 1. The van der Waals surface area contributed by atoms with Crippen LogP contribution in [-0.2, 0) is 5.41 Å². The van der Waals surface area contributed by atoms with Crippen molar-refractivity contribution in [2.24, 2.45) is 5.92 Å². The van der Waals surface area contributed by atoms with Gasteiger partial charge in [0.1, 0.15) is 11.6 Å². The molecule has 1 aromatic heterocycles. The molecule has 0 saturated heterocycles. The van der Waals surface area contributed by atoms with E-state index in [4.69, 9.17) is 17.3 Å². The zero-order valence-electron chi connectivity index (χ0n) is 16.3. The molecule has 0 radical (unpaired) electrons. The van der Waals surface area contributed by atoms with Crippen molar-refractivity contribution in [1.29, 1.82) is 0 Å². The Kier molecular flexibility index (Phi) is 4.49. The molecule has 5 nitrogen and oxygen atoms in total. The van der Waals surface area contributed by atoms with Crippen LogP contribution in [0.25, 0.3) is 11.1 Å². The van der Waals surface area contributed by atoms with Gasteiger partial charge in [-0.3, -0.25) is 4.79 Å². The van der Waals surface area contributed by atoms with Crippen molar-refractivity contribution in [1.82, 2.24) is 9.88 Å². The number of aromatic nitrogens is 1. The molecule has 4 rings (SSSR count). The molecule has 1 aliphatic carbocycles. The summed E-state index contributed by atoms with van der Waals surface area (Å²) >= 11 is 6.81. The molecule has 28 heavy (non-hydrogen) atoms. The lowest BCUT2D eigenvalue weighted by atomic mass is 9.92. The van der Waals surface area contributed by atoms with E-state index in [9.17, 15) is 4.79 Å². The molecular weight excluding hydrogens is 379 g/mol. The van der Waals surface area contributed by atoms with Crippen molar-refractivity contribution in [2.75, 3.05) is 31.7 Å². The summed E-state index contributed by atoms with van der Waals surface area (Å²) in [4.78, 5) is 18.2. The van der Waals surface area contributed by atoms with E-state index in [-0.39, 0.29) is 22.2 Å². The average Bonchev–Trinajstić information content (AvgIpc) is 3.19. The third-order valence-electron chi connectivity index (χ3n) is 6.04. The van der Waals surface area contributed by atoms with Gasteiger partial charge in [-0.05, 0) is 30.9 Å². The smallest absolute Gasteiger partial charge is 0.258 e. The van der Waals surface area contributed by atoms with E-state index in [2.05, 4.69) is 17.2 Å². The number of halogens is 2. The van der Waals surface area contributed by atoms with Crippen molar-refractivity contribution in [3.8, 4) is 11.1 Å². The number of carbonyl (C=O) groups is 1. The Morgan fingerprint density at radius 1 is 1.43 bits per heavy atom. The largest absolute Gasteiger partial charge is 0.398 e. The number of anilines is 2. The highest BCUT2D eigenvalue weighted by molar-refractivity contribution is 6.34. The molecule has 1 spiro atoms. The molecule has 1 fully saturated rings. The van der Waals surface area contributed by atoms with Gasteiger partial charge < -0.3 is 16.0 Å². The summed E-state index contributed by atoms with van der Waals surface area (Å²) in [7, 11) is 3.13. The van der Waals surface area contributed by atoms with Gasteiger partial charge >= 0.3 is 0 Å². The number of hydrogen-bond donors (Lipinski definition) is 2. The fraction of sp³-hybridized carbons (Fsp3) is 0.429. The zero-order chi connectivity index (χ0) is 20.2. The molecule has 2 heterocycles. The normalized spacial score (nSPS) is 22.1. The minimum Gasteiger partial charge on any atom is -0.398 e. The standard InChI is InChI=1S/C21H24ClFN4O/c1-4-5-11-8-21(11)10-26-19-16(21)17(22)13(9-25-19)12-6-7-14(24)15(18(12)23)20(28)27(2)3/h6-7,9,11H,4-5,8,10,24H2,1-3H3,(H,25,26)/t11-,21+/m0/s1. The Hall–Kier alpha value is -2.34.